The van der Waals surface area contributed by atoms with Crippen LogP contribution in [0.1, 0.15) is 13.3 Å². The first kappa shape index (κ1) is 6.05. The van der Waals surface area contributed by atoms with E-state index >= 15 is 0 Å². The van der Waals surface area contributed by atoms with Crippen LogP contribution in [0.15, 0.2) is 0 Å². The van der Waals surface area contributed by atoms with Gasteiger partial charge in [-0.05, 0) is 13.5 Å². The van der Waals surface area contributed by atoms with Crippen LogP contribution in [0, 0.1) is 0 Å². The molecule has 1 saturated heterocycles. The summed E-state index contributed by atoms with van der Waals surface area (Å²) in [5.41, 5.74) is 0.333. The summed E-state index contributed by atoms with van der Waals surface area (Å²) in [6.45, 7) is 3.96. The molecule has 0 aromatic heterocycles. The van der Waals surface area contributed by atoms with Crippen LogP contribution in [0.2, 0.25) is 0 Å². The lowest BCUT2D eigenvalue weighted by atomic mass is 9.95. The van der Waals surface area contributed by atoms with Gasteiger partial charge in [0.15, 0.2) is 0 Å². The lowest BCUT2D eigenvalue weighted by Gasteiger charge is -2.40. The Bertz CT molecular complexity index is 65.1. The largest absolute Gasteiger partial charge is 0.377 e. The summed E-state index contributed by atoms with van der Waals surface area (Å²) in [6, 6.07) is 0. The SMILES string of the molecule is CCC1(NC)COC1. The maximum absolute atomic E-state index is 5.06. The smallest absolute Gasteiger partial charge is 0.0671 e. The van der Waals surface area contributed by atoms with Crippen molar-refractivity contribution in [2.75, 3.05) is 20.3 Å². The second-order valence-electron chi connectivity index (χ2n) is 2.38. The summed E-state index contributed by atoms with van der Waals surface area (Å²) in [7, 11) is 1.99. The van der Waals surface area contributed by atoms with E-state index in [1.807, 2.05) is 7.05 Å². The highest BCUT2D eigenvalue weighted by atomic mass is 16.5. The summed E-state index contributed by atoms with van der Waals surface area (Å²) in [4.78, 5) is 0. The van der Waals surface area contributed by atoms with Crippen molar-refractivity contribution < 1.29 is 4.74 Å². The van der Waals surface area contributed by atoms with Gasteiger partial charge in [-0.3, -0.25) is 0 Å². The van der Waals surface area contributed by atoms with Gasteiger partial charge in [0.05, 0.1) is 18.8 Å². The number of nitrogens with one attached hydrogen (secondary N) is 1. The van der Waals surface area contributed by atoms with Crippen LogP contribution in [-0.4, -0.2) is 25.8 Å². The molecule has 0 atom stereocenters. The van der Waals surface area contributed by atoms with Crippen LogP contribution in [-0.2, 0) is 4.74 Å². The minimum Gasteiger partial charge on any atom is -0.377 e. The highest BCUT2D eigenvalue weighted by Crippen LogP contribution is 2.19. The molecule has 0 unspecified atom stereocenters. The Labute approximate surface area is 50.2 Å². The molecular formula is C6H13NO. The normalized spacial score (nSPS) is 24.8. The fourth-order valence-electron chi connectivity index (χ4n) is 0.874. The van der Waals surface area contributed by atoms with Crippen molar-refractivity contribution in [3.63, 3.8) is 0 Å². The van der Waals surface area contributed by atoms with Gasteiger partial charge in [-0.2, -0.15) is 0 Å². The Morgan fingerprint density at radius 2 is 2.25 bits per heavy atom. The summed E-state index contributed by atoms with van der Waals surface area (Å²) in [5.74, 6) is 0. The van der Waals surface area contributed by atoms with E-state index in [0.717, 1.165) is 13.2 Å². The first-order valence-electron chi connectivity index (χ1n) is 3.10. The van der Waals surface area contributed by atoms with Gasteiger partial charge in [0, 0.05) is 0 Å². The van der Waals surface area contributed by atoms with Gasteiger partial charge in [-0.15, -0.1) is 0 Å². The van der Waals surface area contributed by atoms with Crippen molar-refractivity contribution in [1.82, 2.24) is 5.32 Å². The second-order valence-corrected chi connectivity index (χ2v) is 2.38. The molecule has 48 valence electrons. The molecule has 0 spiro atoms. The molecule has 0 aromatic rings. The number of hydrogen-bond donors (Lipinski definition) is 1. The Hall–Kier alpha value is -0.0800. The second kappa shape index (κ2) is 2.03. The molecule has 0 radical (unpaired) electrons. The fourth-order valence-corrected chi connectivity index (χ4v) is 0.874. The molecular weight excluding hydrogens is 102 g/mol. The summed E-state index contributed by atoms with van der Waals surface area (Å²) >= 11 is 0. The van der Waals surface area contributed by atoms with E-state index in [-0.39, 0.29) is 0 Å². The maximum Gasteiger partial charge on any atom is 0.0671 e. The number of likely N-dealkylation sites (N-methyl/N-ethyl adjacent to an activating group) is 1. The molecule has 1 aliphatic heterocycles. The minimum atomic E-state index is 0.333. The van der Waals surface area contributed by atoms with Crippen LogP contribution in [0.5, 0.6) is 0 Å². The average Bonchev–Trinajstić information content (AvgIpc) is 1.67. The fraction of sp³-hybridized carbons (Fsp3) is 1.00. The third-order valence-corrected chi connectivity index (χ3v) is 1.96. The Kier molecular flexibility index (Phi) is 1.54. The summed E-state index contributed by atoms with van der Waals surface area (Å²) in [5, 5.41) is 3.24. The van der Waals surface area contributed by atoms with Gasteiger partial charge in [-0.1, -0.05) is 6.92 Å². The molecule has 1 rings (SSSR count). The lowest BCUT2D eigenvalue weighted by molar-refractivity contribution is -0.0722. The van der Waals surface area contributed by atoms with Crippen molar-refractivity contribution in [1.29, 1.82) is 0 Å². The molecule has 0 saturated carbocycles. The quantitative estimate of drug-likeness (QED) is 0.562. The number of hydrogen-bond acceptors (Lipinski definition) is 2. The predicted octanol–water partition coefficient (Wildman–Crippen LogP) is 0.385. The van der Waals surface area contributed by atoms with Crippen LogP contribution in [0.25, 0.3) is 0 Å². The molecule has 1 N–H and O–H groups in total. The van der Waals surface area contributed by atoms with Crippen LogP contribution in [0.4, 0.5) is 0 Å². The van der Waals surface area contributed by atoms with Crippen molar-refractivity contribution >= 4 is 0 Å². The number of ether oxygens (including phenoxy) is 1. The van der Waals surface area contributed by atoms with Crippen LogP contribution in [0.3, 0.4) is 0 Å². The molecule has 8 heavy (non-hydrogen) atoms. The maximum atomic E-state index is 5.06. The molecule has 0 aromatic carbocycles. The third-order valence-electron chi connectivity index (χ3n) is 1.96. The van der Waals surface area contributed by atoms with Gasteiger partial charge in [-0.25, -0.2) is 0 Å². The van der Waals surface area contributed by atoms with E-state index in [9.17, 15) is 0 Å². The highest BCUT2D eigenvalue weighted by Gasteiger charge is 2.34. The third kappa shape index (κ3) is 0.740. The monoisotopic (exact) mass is 115 g/mol. The standard InChI is InChI=1S/C6H13NO/c1-3-6(7-2)4-8-5-6/h7H,3-5H2,1-2H3. The minimum absolute atomic E-state index is 0.333. The molecule has 0 bridgehead atoms. The van der Waals surface area contributed by atoms with Crippen molar-refractivity contribution in [2.45, 2.75) is 18.9 Å². The van der Waals surface area contributed by atoms with Crippen molar-refractivity contribution in [3.8, 4) is 0 Å². The van der Waals surface area contributed by atoms with Gasteiger partial charge in [0.2, 0.25) is 0 Å². The molecule has 1 fully saturated rings. The molecule has 0 amide bonds. The van der Waals surface area contributed by atoms with E-state index in [2.05, 4.69) is 12.2 Å². The summed E-state index contributed by atoms with van der Waals surface area (Å²) < 4.78 is 5.06. The molecule has 0 aliphatic carbocycles. The van der Waals surface area contributed by atoms with E-state index < -0.39 is 0 Å². The van der Waals surface area contributed by atoms with Crippen LogP contribution >= 0.6 is 0 Å². The average molecular weight is 115 g/mol. The van der Waals surface area contributed by atoms with Gasteiger partial charge in [0.1, 0.15) is 0 Å². The van der Waals surface area contributed by atoms with Gasteiger partial charge < -0.3 is 10.1 Å². The zero-order valence-corrected chi connectivity index (χ0v) is 5.53. The predicted molar refractivity (Wildman–Crippen MR) is 32.9 cm³/mol. The lowest BCUT2D eigenvalue weighted by Crippen LogP contribution is -2.58. The molecule has 2 heteroatoms. The summed E-state index contributed by atoms with van der Waals surface area (Å²) in [6.07, 6.45) is 1.17. The van der Waals surface area contributed by atoms with Gasteiger partial charge in [0.25, 0.3) is 0 Å². The Balaban J connectivity index is 2.33. The van der Waals surface area contributed by atoms with Crippen molar-refractivity contribution in [3.05, 3.63) is 0 Å². The topological polar surface area (TPSA) is 21.3 Å². The Morgan fingerprint density at radius 3 is 2.25 bits per heavy atom. The number of rotatable bonds is 2. The molecule has 1 aliphatic rings. The Morgan fingerprint density at radius 1 is 1.62 bits per heavy atom. The van der Waals surface area contributed by atoms with E-state index in [0.29, 0.717) is 5.54 Å². The van der Waals surface area contributed by atoms with Crippen molar-refractivity contribution in [2.24, 2.45) is 0 Å². The first-order valence-corrected chi connectivity index (χ1v) is 3.10. The van der Waals surface area contributed by atoms with Gasteiger partial charge >= 0.3 is 0 Å². The highest BCUT2D eigenvalue weighted by molar-refractivity contribution is 4.91. The van der Waals surface area contributed by atoms with E-state index in [1.165, 1.54) is 6.42 Å². The molecule has 2 nitrogen and oxygen atoms in total. The van der Waals surface area contributed by atoms with Crippen LogP contribution < -0.4 is 5.32 Å². The van der Waals surface area contributed by atoms with E-state index in [4.69, 9.17) is 4.74 Å². The zero-order valence-electron chi connectivity index (χ0n) is 5.53. The van der Waals surface area contributed by atoms with E-state index in [1.54, 1.807) is 0 Å². The first-order chi connectivity index (χ1) is 3.83. The molecule has 1 heterocycles. The zero-order chi connectivity index (χ0) is 6.04.